The fourth-order valence-corrected chi connectivity index (χ4v) is 2.44. The summed E-state index contributed by atoms with van der Waals surface area (Å²) in [7, 11) is 3.41. The molecule has 0 aliphatic carbocycles. The van der Waals surface area contributed by atoms with Crippen molar-refractivity contribution in [1.82, 2.24) is 10.3 Å². The van der Waals surface area contributed by atoms with E-state index in [2.05, 4.69) is 15.2 Å². The van der Waals surface area contributed by atoms with Gasteiger partial charge in [0.25, 0.3) is 0 Å². The van der Waals surface area contributed by atoms with E-state index in [1.807, 2.05) is 12.1 Å². The Balaban J connectivity index is 2.10. The average molecular weight is 265 g/mol. The molecule has 1 aliphatic rings. The molecule has 106 valence electrons. The maximum atomic E-state index is 5.41. The molecule has 1 N–H and O–H groups in total. The first kappa shape index (κ1) is 14.1. The lowest BCUT2D eigenvalue weighted by atomic mass is 10.2. The van der Waals surface area contributed by atoms with Crippen molar-refractivity contribution in [2.24, 2.45) is 0 Å². The highest BCUT2D eigenvalue weighted by Crippen LogP contribution is 2.25. The molecule has 0 bridgehead atoms. The first-order valence-electron chi connectivity index (χ1n) is 6.81. The van der Waals surface area contributed by atoms with Gasteiger partial charge in [-0.15, -0.1) is 0 Å². The molecular formula is C14H23N3O2. The number of hydrogen-bond donors (Lipinski definition) is 1. The summed E-state index contributed by atoms with van der Waals surface area (Å²) in [5, 5.41) is 3.52. The van der Waals surface area contributed by atoms with Gasteiger partial charge < -0.3 is 19.7 Å². The molecule has 2 heterocycles. The summed E-state index contributed by atoms with van der Waals surface area (Å²) in [6.45, 7) is 3.56. The number of nitrogens with one attached hydrogen (secondary N) is 1. The minimum Gasteiger partial charge on any atom is -0.493 e. The van der Waals surface area contributed by atoms with Gasteiger partial charge in [0.15, 0.2) is 11.6 Å². The summed E-state index contributed by atoms with van der Waals surface area (Å²) in [6.07, 6.45) is 4.28. The Morgan fingerprint density at radius 3 is 3.05 bits per heavy atom. The molecule has 1 unspecified atom stereocenters. The summed E-state index contributed by atoms with van der Waals surface area (Å²) in [4.78, 5) is 6.70. The molecule has 0 amide bonds. The van der Waals surface area contributed by atoms with Crippen LogP contribution in [0.5, 0.6) is 5.75 Å². The van der Waals surface area contributed by atoms with Crippen LogP contribution in [0.3, 0.4) is 0 Å². The summed E-state index contributed by atoms with van der Waals surface area (Å²) in [5.74, 6) is 1.72. The fraction of sp³-hybridized carbons (Fsp3) is 0.643. The van der Waals surface area contributed by atoms with Crippen LogP contribution in [0.25, 0.3) is 0 Å². The van der Waals surface area contributed by atoms with Crippen molar-refractivity contribution >= 4 is 5.82 Å². The molecule has 0 saturated carbocycles. The third kappa shape index (κ3) is 3.81. The van der Waals surface area contributed by atoms with Crippen molar-refractivity contribution in [2.75, 3.05) is 45.4 Å². The number of methoxy groups -OCH3 is 2. The minimum absolute atomic E-state index is 0.531. The quantitative estimate of drug-likeness (QED) is 0.805. The van der Waals surface area contributed by atoms with Crippen LogP contribution in [0, 0.1) is 0 Å². The largest absolute Gasteiger partial charge is 0.493 e. The predicted molar refractivity (Wildman–Crippen MR) is 75.9 cm³/mol. The molecule has 1 fully saturated rings. The Kier molecular flexibility index (Phi) is 5.42. The second-order valence-electron chi connectivity index (χ2n) is 4.76. The molecule has 0 radical (unpaired) electrons. The Labute approximate surface area is 114 Å². The second kappa shape index (κ2) is 7.31. The zero-order chi connectivity index (χ0) is 13.5. The topological polar surface area (TPSA) is 46.6 Å². The van der Waals surface area contributed by atoms with Crippen LogP contribution in [0.1, 0.15) is 12.8 Å². The number of rotatable bonds is 7. The molecule has 0 aromatic carbocycles. The first-order valence-corrected chi connectivity index (χ1v) is 6.81. The summed E-state index contributed by atoms with van der Waals surface area (Å²) < 4.78 is 10.6. The van der Waals surface area contributed by atoms with Crippen molar-refractivity contribution in [3.05, 3.63) is 18.3 Å². The third-order valence-corrected chi connectivity index (χ3v) is 3.44. The van der Waals surface area contributed by atoms with Crippen LogP contribution in [0.2, 0.25) is 0 Å². The number of pyridine rings is 1. The molecule has 2 rings (SSSR count). The molecule has 5 nitrogen and oxygen atoms in total. The third-order valence-electron chi connectivity index (χ3n) is 3.44. The monoisotopic (exact) mass is 265 g/mol. The van der Waals surface area contributed by atoms with Crippen LogP contribution >= 0.6 is 0 Å². The van der Waals surface area contributed by atoms with Crippen molar-refractivity contribution < 1.29 is 9.47 Å². The number of ether oxygens (including phenoxy) is 2. The van der Waals surface area contributed by atoms with Gasteiger partial charge in [0, 0.05) is 32.4 Å². The number of nitrogens with zero attached hydrogens (tertiary/aromatic N) is 2. The van der Waals surface area contributed by atoms with Crippen LogP contribution in [-0.2, 0) is 4.74 Å². The minimum atomic E-state index is 0.531. The van der Waals surface area contributed by atoms with E-state index in [0.717, 1.165) is 31.2 Å². The van der Waals surface area contributed by atoms with E-state index in [-0.39, 0.29) is 0 Å². The molecule has 5 heteroatoms. The van der Waals surface area contributed by atoms with Gasteiger partial charge in [-0.1, -0.05) is 0 Å². The Morgan fingerprint density at radius 2 is 2.37 bits per heavy atom. The standard InChI is InChI=1S/C14H23N3O2/c1-18-10-9-17(11-12-5-3-7-15-12)14-13(19-2)6-4-8-16-14/h4,6,8,12,15H,3,5,7,9-11H2,1-2H3. The van der Waals surface area contributed by atoms with Gasteiger partial charge >= 0.3 is 0 Å². The van der Waals surface area contributed by atoms with Gasteiger partial charge in [-0.3, -0.25) is 0 Å². The zero-order valence-corrected chi connectivity index (χ0v) is 11.8. The van der Waals surface area contributed by atoms with Gasteiger partial charge in [-0.05, 0) is 31.5 Å². The van der Waals surface area contributed by atoms with Crippen LogP contribution in [-0.4, -0.2) is 51.5 Å². The lowest BCUT2D eigenvalue weighted by Crippen LogP contribution is -2.39. The van der Waals surface area contributed by atoms with E-state index in [4.69, 9.17) is 9.47 Å². The SMILES string of the molecule is COCCN(CC1CCCN1)c1ncccc1OC. The van der Waals surface area contributed by atoms with E-state index in [1.165, 1.54) is 12.8 Å². The normalized spacial score (nSPS) is 18.5. The maximum absolute atomic E-state index is 5.41. The Hall–Kier alpha value is -1.33. The van der Waals surface area contributed by atoms with Crippen molar-refractivity contribution in [2.45, 2.75) is 18.9 Å². The molecule has 1 aliphatic heterocycles. The number of anilines is 1. The molecule has 1 atom stereocenters. The maximum Gasteiger partial charge on any atom is 0.171 e. The highest BCUT2D eigenvalue weighted by molar-refractivity contribution is 5.52. The van der Waals surface area contributed by atoms with Gasteiger partial charge in [-0.2, -0.15) is 0 Å². The van der Waals surface area contributed by atoms with Crippen LogP contribution in [0.4, 0.5) is 5.82 Å². The summed E-state index contributed by atoms with van der Waals surface area (Å²) in [6, 6.07) is 4.37. The molecule has 19 heavy (non-hydrogen) atoms. The Morgan fingerprint density at radius 1 is 1.47 bits per heavy atom. The van der Waals surface area contributed by atoms with Gasteiger partial charge in [0.1, 0.15) is 0 Å². The predicted octanol–water partition coefficient (Wildman–Crippen LogP) is 1.29. The van der Waals surface area contributed by atoms with E-state index in [0.29, 0.717) is 12.6 Å². The van der Waals surface area contributed by atoms with E-state index < -0.39 is 0 Å². The lowest BCUT2D eigenvalue weighted by Gasteiger charge is -2.27. The second-order valence-corrected chi connectivity index (χ2v) is 4.76. The Bertz CT molecular complexity index is 381. The molecule has 1 aromatic rings. The average Bonchev–Trinajstić information content (AvgIpc) is 2.96. The van der Waals surface area contributed by atoms with E-state index >= 15 is 0 Å². The smallest absolute Gasteiger partial charge is 0.171 e. The van der Waals surface area contributed by atoms with E-state index in [9.17, 15) is 0 Å². The molecule has 0 spiro atoms. The summed E-state index contributed by atoms with van der Waals surface area (Å²) >= 11 is 0. The first-order chi connectivity index (χ1) is 9.35. The van der Waals surface area contributed by atoms with Gasteiger partial charge in [-0.25, -0.2) is 4.98 Å². The number of aromatic nitrogens is 1. The molecule has 1 saturated heterocycles. The molecular weight excluding hydrogens is 242 g/mol. The van der Waals surface area contributed by atoms with E-state index in [1.54, 1.807) is 20.4 Å². The molecule has 1 aromatic heterocycles. The van der Waals surface area contributed by atoms with Crippen molar-refractivity contribution in [3.63, 3.8) is 0 Å². The van der Waals surface area contributed by atoms with Gasteiger partial charge in [0.05, 0.1) is 13.7 Å². The van der Waals surface area contributed by atoms with Gasteiger partial charge in [0.2, 0.25) is 0 Å². The van der Waals surface area contributed by atoms with Crippen LogP contribution < -0.4 is 15.0 Å². The van der Waals surface area contributed by atoms with Crippen LogP contribution in [0.15, 0.2) is 18.3 Å². The van der Waals surface area contributed by atoms with Crippen molar-refractivity contribution in [3.8, 4) is 5.75 Å². The highest BCUT2D eigenvalue weighted by Gasteiger charge is 2.20. The summed E-state index contributed by atoms with van der Waals surface area (Å²) in [5.41, 5.74) is 0. The highest BCUT2D eigenvalue weighted by atomic mass is 16.5. The zero-order valence-electron chi connectivity index (χ0n) is 11.8. The lowest BCUT2D eigenvalue weighted by molar-refractivity contribution is 0.204. The van der Waals surface area contributed by atoms with Crippen molar-refractivity contribution in [1.29, 1.82) is 0 Å². The number of hydrogen-bond acceptors (Lipinski definition) is 5. The fourth-order valence-electron chi connectivity index (χ4n) is 2.44.